The topological polar surface area (TPSA) is 45.0 Å². The summed E-state index contributed by atoms with van der Waals surface area (Å²) in [5.74, 6) is 2.43. The fourth-order valence-corrected chi connectivity index (χ4v) is 4.66. The normalized spacial score (nSPS) is 12.8. The Balaban J connectivity index is 1.52. The molecular weight excluding hydrogens is 420 g/mol. The molecule has 0 N–H and O–H groups in total. The summed E-state index contributed by atoms with van der Waals surface area (Å²) in [5.41, 5.74) is 4.41. The fraction of sp³-hybridized carbons (Fsp3) is 0.192. The zero-order valence-electron chi connectivity index (χ0n) is 17.9. The van der Waals surface area contributed by atoms with Gasteiger partial charge in [-0.25, -0.2) is 4.99 Å². The minimum atomic E-state index is 0.273. The zero-order chi connectivity index (χ0) is 21.8. The van der Waals surface area contributed by atoms with E-state index in [1.165, 1.54) is 5.56 Å². The van der Waals surface area contributed by atoms with Crippen LogP contribution < -0.4 is 19.0 Å². The van der Waals surface area contributed by atoms with Crippen molar-refractivity contribution in [3.05, 3.63) is 88.5 Å². The molecule has 0 saturated carbocycles. The Morgan fingerprint density at radius 2 is 1.78 bits per heavy atom. The molecule has 0 spiro atoms. The number of thiazole rings is 1. The van der Waals surface area contributed by atoms with Crippen LogP contribution in [0.3, 0.4) is 0 Å². The molecule has 1 aliphatic rings. The highest BCUT2D eigenvalue weighted by Gasteiger charge is 2.16. The second kappa shape index (κ2) is 9.32. The minimum absolute atomic E-state index is 0.273. The molecule has 4 aromatic rings. The lowest BCUT2D eigenvalue weighted by molar-refractivity contribution is 0.174. The second-order valence-corrected chi connectivity index (χ2v) is 8.23. The summed E-state index contributed by atoms with van der Waals surface area (Å²) < 4.78 is 18.9. The SMILES string of the molecule is CCOc1ccc(N=c2scc(-c3ccc4c(c3)OCO4)n2CCc2ccccc2)cc1. The first-order chi connectivity index (χ1) is 15.8. The summed E-state index contributed by atoms with van der Waals surface area (Å²) >= 11 is 1.64. The van der Waals surface area contributed by atoms with Gasteiger partial charge in [0, 0.05) is 17.5 Å². The Morgan fingerprint density at radius 1 is 0.969 bits per heavy atom. The number of nitrogens with zero attached hydrogens (tertiary/aromatic N) is 2. The molecule has 0 amide bonds. The highest BCUT2D eigenvalue weighted by molar-refractivity contribution is 7.07. The van der Waals surface area contributed by atoms with E-state index in [4.69, 9.17) is 19.2 Å². The van der Waals surface area contributed by atoms with Crippen LogP contribution in [0.5, 0.6) is 17.2 Å². The van der Waals surface area contributed by atoms with Gasteiger partial charge in [0.15, 0.2) is 16.3 Å². The van der Waals surface area contributed by atoms with E-state index < -0.39 is 0 Å². The number of fused-ring (bicyclic) bond motifs is 1. The summed E-state index contributed by atoms with van der Waals surface area (Å²) in [6.07, 6.45) is 0.922. The Hall–Kier alpha value is -3.51. The molecule has 32 heavy (non-hydrogen) atoms. The molecule has 1 aliphatic heterocycles. The van der Waals surface area contributed by atoms with E-state index in [-0.39, 0.29) is 6.79 Å². The van der Waals surface area contributed by atoms with Gasteiger partial charge in [0.2, 0.25) is 6.79 Å². The number of ether oxygens (including phenoxy) is 3. The molecule has 5 nitrogen and oxygen atoms in total. The molecule has 0 aliphatic carbocycles. The number of aromatic nitrogens is 1. The molecule has 0 fully saturated rings. The maximum absolute atomic E-state index is 5.60. The minimum Gasteiger partial charge on any atom is -0.494 e. The van der Waals surface area contributed by atoms with Gasteiger partial charge in [0.05, 0.1) is 18.0 Å². The summed E-state index contributed by atoms with van der Waals surface area (Å²) in [6.45, 7) is 3.74. The summed E-state index contributed by atoms with van der Waals surface area (Å²) in [4.78, 5) is 5.90. The summed E-state index contributed by atoms with van der Waals surface area (Å²) in [6, 6.07) is 24.5. The summed E-state index contributed by atoms with van der Waals surface area (Å²) in [5, 5.41) is 2.16. The van der Waals surface area contributed by atoms with Gasteiger partial charge in [-0.05, 0) is 61.4 Å². The van der Waals surface area contributed by atoms with Gasteiger partial charge < -0.3 is 18.8 Å². The molecule has 3 aromatic carbocycles. The van der Waals surface area contributed by atoms with Crippen molar-refractivity contribution in [3.63, 3.8) is 0 Å². The molecule has 5 rings (SSSR count). The van der Waals surface area contributed by atoms with Crippen molar-refractivity contribution in [1.29, 1.82) is 0 Å². The zero-order valence-corrected chi connectivity index (χ0v) is 18.7. The molecule has 0 unspecified atom stereocenters. The Bertz CT molecular complexity index is 1260. The lowest BCUT2D eigenvalue weighted by atomic mass is 10.1. The van der Waals surface area contributed by atoms with E-state index in [1.807, 2.05) is 49.4 Å². The number of hydrogen-bond acceptors (Lipinski definition) is 5. The lowest BCUT2D eigenvalue weighted by Crippen LogP contribution is -2.17. The van der Waals surface area contributed by atoms with E-state index in [9.17, 15) is 0 Å². The maximum atomic E-state index is 5.60. The van der Waals surface area contributed by atoms with Crippen molar-refractivity contribution >= 4 is 17.0 Å². The van der Waals surface area contributed by atoms with Crippen LogP contribution in [-0.4, -0.2) is 18.0 Å². The van der Waals surface area contributed by atoms with E-state index in [0.717, 1.165) is 52.0 Å². The highest BCUT2D eigenvalue weighted by Crippen LogP contribution is 2.36. The van der Waals surface area contributed by atoms with Crippen molar-refractivity contribution in [2.45, 2.75) is 19.9 Å². The molecular formula is C26H24N2O3S. The third-order valence-electron chi connectivity index (χ3n) is 5.31. The van der Waals surface area contributed by atoms with Crippen LogP contribution in [0.15, 0.2) is 83.2 Å². The van der Waals surface area contributed by atoms with E-state index in [2.05, 4.69) is 40.3 Å². The third kappa shape index (κ3) is 4.41. The van der Waals surface area contributed by atoms with E-state index in [1.54, 1.807) is 11.3 Å². The average molecular weight is 445 g/mol. The lowest BCUT2D eigenvalue weighted by Gasteiger charge is -2.10. The first-order valence-corrected chi connectivity index (χ1v) is 11.6. The smallest absolute Gasteiger partial charge is 0.231 e. The van der Waals surface area contributed by atoms with Crippen LogP contribution >= 0.6 is 11.3 Å². The van der Waals surface area contributed by atoms with Gasteiger partial charge in [0.25, 0.3) is 0 Å². The fourth-order valence-electron chi connectivity index (χ4n) is 3.70. The van der Waals surface area contributed by atoms with Crippen molar-refractivity contribution in [1.82, 2.24) is 4.57 Å². The predicted octanol–water partition coefficient (Wildman–Crippen LogP) is 5.82. The molecule has 2 heterocycles. The largest absolute Gasteiger partial charge is 0.494 e. The Kier molecular flexibility index (Phi) is 5.94. The van der Waals surface area contributed by atoms with Crippen molar-refractivity contribution in [3.8, 4) is 28.5 Å². The average Bonchev–Trinajstić information content (AvgIpc) is 3.46. The molecule has 162 valence electrons. The van der Waals surface area contributed by atoms with Gasteiger partial charge in [-0.3, -0.25) is 0 Å². The molecule has 0 radical (unpaired) electrons. The van der Waals surface area contributed by atoms with Crippen LogP contribution in [0.1, 0.15) is 12.5 Å². The van der Waals surface area contributed by atoms with Crippen LogP contribution in [0.25, 0.3) is 11.3 Å². The number of aryl methyl sites for hydroxylation is 1. The van der Waals surface area contributed by atoms with Gasteiger partial charge in [-0.1, -0.05) is 30.3 Å². The summed E-state index contributed by atoms with van der Waals surface area (Å²) in [7, 11) is 0. The van der Waals surface area contributed by atoms with Crippen molar-refractivity contribution < 1.29 is 14.2 Å². The Morgan fingerprint density at radius 3 is 2.59 bits per heavy atom. The highest BCUT2D eigenvalue weighted by atomic mass is 32.1. The van der Waals surface area contributed by atoms with Gasteiger partial charge in [-0.15, -0.1) is 11.3 Å². The maximum Gasteiger partial charge on any atom is 0.231 e. The van der Waals surface area contributed by atoms with Gasteiger partial charge in [-0.2, -0.15) is 0 Å². The number of hydrogen-bond donors (Lipinski definition) is 0. The third-order valence-corrected chi connectivity index (χ3v) is 6.17. The Labute approximate surface area is 191 Å². The first-order valence-electron chi connectivity index (χ1n) is 10.7. The van der Waals surface area contributed by atoms with E-state index >= 15 is 0 Å². The first kappa shape index (κ1) is 20.4. The molecule has 6 heteroatoms. The van der Waals surface area contributed by atoms with E-state index in [0.29, 0.717) is 6.61 Å². The second-order valence-electron chi connectivity index (χ2n) is 7.40. The predicted molar refractivity (Wildman–Crippen MR) is 127 cm³/mol. The van der Waals surface area contributed by atoms with Crippen LogP contribution in [0.2, 0.25) is 0 Å². The molecule has 0 bridgehead atoms. The van der Waals surface area contributed by atoms with Crippen molar-refractivity contribution in [2.24, 2.45) is 4.99 Å². The quantitative estimate of drug-likeness (QED) is 0.361. The van der Waals surface area contributed by atoms with Crippen LogP contribution in [-0.2, 0) is 13.0 Å². The molecule has 0 saturated heterocycles. The van der Waals surface area contributed by atoms with Gasteiger partial charge >= 0.3 is 0 Å². The monoisotopic (exact) mass is 444 g/mol. The standard InChI is InChI=1S/C26H24N2O3S/c1-2-29-22-11-9-21(10-12-22)27-26-28(15-14-19-6-4-3-5-7-19)23(17-32-26)20-8-13-24-25(16-20)31-18-30-24/h3-13,16-17H,2,14-15,18H2,1H3. The van der Waals surface area contributed by atoms with Crippen LogP contribution in [0.4, 0.5) is 5.69 Å². The molecule has 1 aromatic heterocycles. The molecule has 0 atom stereocenters. The van der Waals surface area contributed by atoms with Crippen LogP contribution in [0, 0.1) is 0 Å². The van der Waals surface area contributed by atoms with Crippen molar-refractivity contribution in [2.75, 3.05) is 13.4 Å². The number of rotatable bonds is 7. The number of benzene rings is 3. The van der Waals surface area contributed by atoms with Gasteiger partial charge in [0.1, 0.15) is 5.75 Å².